The summed E-state index contributed by atoms with van der Waals surface area (Å²) in [7, 11) is 1.63. The Morgan fingerprint density at radius 1 is 1.28 bits per heavy atom. The Bertz CT molecular complexity index is 417. The molecule has 1 N–H and O–H groups in total. The second-order valence-electron chi connectivity index (χ2n) is 4.06. The normalized spacial score (nSPS) is 10.1. The van der Waals surface area contributed by atoms with Crippen molar-refractivity contribution in [2.75, 3.05) is 19.3 Å². The summed E-state index contributed by atoms with van der Waals surface area (Å²) in [4.78, 5) is 24.6. The van der Waals surface area contributed by atoms with Crippen molar-refractivity contribution in [2.45, 2.75) is 18.2 Å². The van der Waals surface area contributed by atoms with Gasteiger partial charge < -0.3 is 10.0 Å². The molecule has 98 valence electrons. The maximum Gasteiger partial charge on any atom is 0.305 e. The highest BCUT2D eigenvalue weighted by molar-refractivity contribution is 8.00. The molecule has 0 spiro atoms. The van der Waals surface area contributed by atoms with Crippen LogP contribution in [0.15, 0.2) is 29.2 Å². The Labute approximate surface area is 111 Å². The first kappa shape index (κ1) is 14.6. The lowest BCUT2D eigenvalue weighted by Gasteiger charge is -2.15. The fraction of sp³-hybridized carbons (Fsp3) is 0.385. The maximum atomic E-state index is 11.7. The van der Waals surface area contributed by atoms with Gasteiger partial charge in [0.15, 0.2) is 0 Å². The summed E-state index contributed by atoms with van der Waals surface area (Å²) in [5.74, 6) is -0.609. The summed E-state index contributed by atoms with van der Waals surface area (Å²) < 4.78 is 0. The van der Waals surface area contributed by atoms with Crippen molar-refractivity contribution in [3.8, 4) is 0 Å². The van der Waals surface area contributed by atoms with Crippen LogP contribution in [0.3, 0.4) is 0 Å². The highest BCUT2D eigenvalue weighted by atomic mass is 32.2. The van der Waals surface area contributed by atoms with Gasteiger partial charge in [-0.25, -0.2) is 0 Å². The van der Waals surface area contributed by atoms with Crippen LogP contribution in [-0.4, -0.2) is 41.2 Å². The summed E-state index contributed by atoms with van der Waals surface area (Å²) >= 11 is 1.46. The van der Waals surface area contributed by atoms with E-state index in [-0.39, 0.29) is 18.9 Å². The number of thioether (sulfide) groups is 1. The highest BCUT2D eigenvalue weighted by Crippen LogP contribution is 2.18. The molecule has 1 aromatic rings. The van der Waals surface area contributed by atoms with Gasteiger partial charge in [0.25, 0.3) is 0 Å². The minimum atomic E-state index is -0.888. The zero-order valence-corrected chi connectivity index (χ0v) is 11.4. The Morgan fingerprint density at radius 3 is 2.44 bits per heavy atom. The van der Waals surface area contributed by atoms with Crippen molar-refractivity contribution in [3.63, 3.8) is 0 Å². The first-order valence-corrected chi connectivity index (χ1v) is 6.63. The van der Waals surface area contributed by atoms with Crippen molar-refractivity contribution in [1.82, 2.24) is 4.90 Å². The van der Waals surface area contributed by atoms with E-state index in [0.29, 0.717) is 5.75 Å². The number of carboxylic acid groups (broad SMARTS) is 1. The topological polar surface area (TPSA) is 57.6 Å². The number of carbonyl (C=O) groups excluding carboxylic acids is 1. The van der Waals surface area contributed by atoms with Gasteiger partial charge >= 0.3 is 5.97 Å². The van der Waals surface area contributed by atoms with Crippen LogP contribution in [0.25, 0.3) is 0 Å². The summed E-state index contributed by atoms with van der Waals surface area (Å²) in [6, 6.07) is 7.96. The predicted octanol–water partition coefficient (Wildman–Crippen LogP) is 2.02. The molecule has 1 amide bonds. The average Bonchev–Trinajstić information content (AvgIpc) is 2.34. The van der Waals surface area contributed by atoms with E-state index < -0.39 is 5.97 Å². The molecule has 1 aromatic carbocycles. The second-order valence-corrected chi connectivity index (χ2v) is 5.11. The maximum absolute atomic E-state index is 11.7. The van der Waals surface area contributed by atoms with Crippen LogP contribution in [0.4, 0.5) is 0 Å². The molecule has 0 atom stereocenters. The van der Waals surface area contributed by atoms with Crippen LogP contribution in [0.2, 0.25) is 0 Å². The van der Waals surface area contributed by atoms with E-state index in [4.69, 9.17) is 5.11 Å². The van der Waals surface area contributed by atoms with E-state index in [1.807, 2.05) is 31.2 Å². The first-order valence-electron chi connectivity index (χ1n) is 5.64. The molecule has 0 radical (unpaired) electrons. The van der Waals surface area contributed by atoms with E-state index in [1.165, 1.54) is 22.2 Å². The summed E-state index contributed by atoms with van der Waals surface area (Å²) in [5, 5.41) is 8.53. The zero-order chi connectivity index (χ0) is 13.5. The summed E-state index contributed by atoms with van der Waals surface area (Å²) in [6.07, 6.45) is -0.0164. The molecular formula is C13H17NO3S. The third-order valence-electron chi connectivity index (χ3n) is 2.47. The zero-order valence-electron chi connectivity index (χ0n) is 10.5. The Kier molecular flexibility index (Phi) is 5.71. The van der Waals surface area contributed by atoms with Gasteiger partial charge in [-0.2, -0.15) is 0 Å². The van der Waals surface area contributed by atoms with Crippen LogP contribution in [-0.2, 0) is 9.59 Å². The van der Waals surface area contributed by atoms with Crippen molar-refractivity contribution in [3.05, 3.63) is 29.8 Å². The molecule has 0 aliphatic heterocycles. The molecule has 0 aliphatic rings. The molecular weight excluding hydrogens is 250 g/mol. The van der Waals surface area contributed by atoms with Gasteiger partial charge in [-0.1, -0.05) is 17.7 Å². The molecule has 0 saturated carbocycles. The van der Waals surface area contributed by atoms with Gasteiger partial charge in [0.05, 0.1) is 12.2 Å². The number of nitrogens with zero attached hydrogens (tertiary/aromatic N) is 1. The van der Waals surface area contributed by atoms with Crippen molar-refractivity contribution in [2.24, 2.45) is 0 Å². The molecule has 0 fully saturated rings. The van der Waals surface area contributed by atoms with E-state index in [9.17, 15) is 9.59 Å². The number of carbonyl (C=O) groups is 2. The number of hydrogen-bond donors (Lipinski definition) is 1. The van der Waals surface area contributed by atoms with Crippen LogP contribution >= 0.6 is 11.8 Å². The fourth-order valence-corrected chi connectivity index (χ4v) is 2.12. The Morgan fingerprint density at radius 2 is 1.89 bits per heavy atom. The molecule has 0 unspecified atom stereocenters. The van der Waals surface area contributed by atoms with Crippen LogP contribution in [0.1, 0.15) is 12.0 Å². The molecule has 0 aliphatic carbocycles. The molecule has 0 heterocycles. The van der Waals surface area contributed by atoms with Crippen molar-refractivity contribution < 1.29 is 14.7 Å². The quantitative estimate of drug-likeness (QED) is 0.801. The molecule has 18 heavy (non-hydrogen) atoms. The molecule has 5 heteroatoms. The van der Waals surface area contributed by atoms with Gasteiger partial charge in [0, 0.05) is 18.5 Å². The van der Waals surface area contributed by atoms with Gasteiger partial charge in [0.1, 0.15) is 0 Å². The number of benzene rings is 1. The number of hydrogen-bond acceptors (Lipinski definition) is 3. The largest absolute Gasteiger partial charge is 0.481 e. The van der Waals surface area contributed by atoms with Gasteiger partial charge in [-0.05, 0) is 19.1 Å². The highest BCUT2D eigenvalue weighted by Gasteiger charge is 2.10. The lowest BCUT2D eigenvalue weighted by molar-refractivity contribution is -0.137. The van der Waals surface area contributed by atoms with Gasteiger partial charge in [0.2, 0.25) is 5.91 Å². The number of amides is 1. The molecule has 0 aromatic heterocycles. The van der Waals surface area contributed by atoms with E-state index in [0.717, 1.165) is 4.90 Å². The van der Waals surface area contributed by atoms with Gasteiger partial charge in [-0.3, -0.25) is 9.59 Å². The Hall–Kier alpha value is -1.49. The molecule has 0 bridgehead atoms. The van der Waals surface area contributed by atoms with E-state index in [1.54, 1.807) is 7.05 Å². The Balaban J connectivity index is 2.36. The monoisotopic (exact) mass is 267 g/mol. The second kappa shape index (κ2) is 7.06. The molecule has 1 rings (SSSR count). The van der Waals surface area contributed by atoms with Crippen molar-refractivity contribution in [1.29, 1.82) is 0 Å². The third kappa shape index (κ3) is 5.23. The van der Waals surface area contributed by atoms with Crippen molar-refractivity contribution >= 4 is 23.6 Å². The number of rotatable bonds is 6. The smallest absolute Gasteiger partial charge is 0.305 e. The minimum Gasteiger partial charge on any atom is -0.481 e. The SMILES string of the molecule is Cc1ccc(SCC(=O)N(C)CCC(=O)O)cc1. The lowest BCUT2D eigenvalue weighted by atomic mass is 10.2. The van der Waals surface area contributed by atoms with Crippen LogP contribution < -0.4 is 0 Å². The number of carboxylic acids is 1. The average molecular weight is 267 g/mol. The van der Waals surface area contributed by atoms with Crippen LogP contribution in [0.5, 0.6) is 0 Å². The first-order chi connectivity index (χ1) is 8.49. The van der Waals surface area contributed by atoms with Crippen LogP contribution in [0, 0.1) is 6.92 Å². The van der Waals surface area contributed by atoms with Gasteiger partial charge in [-0.15, -0.1) is 11.8 Å². The number of aryl methyl sites for hydroxylation is 1. The molecule has 0 saturated heterocycles. The standard InChI is InChI=1S/C13H17NO3S/c1-10-3-5-11(6-4-10)18-9-12(15)14(2)8-7-13(16)17/h3-6H,7-9H2,1-2H3,(H,16,17). The minimum absolute atomic E-state index is 0.0164. The third-order valence-corrected chi connectivity index (χ3v) is 3.47. The number of aliphatic carboxylic acids is 1. The predicted molar refractivity (Wildman–Crippen MR) is 71.8 cm³/mol. The fourth-order valence-electron chi connectivity index (χ4n) is 1.28. The van der Waals surface area contributed by atoms with E-state index >= 15 is 0 Å². The summed E-state index contributed by atoms with van der Waals surface area (Å²) in [5.41, 5.74) is 1.18. The molecule has 4 nitrogen and oxygen atoms in total. The lowest BCUT2D eigenvalue weighted by Crippen LogP contribution is -2.30. The summed E-state index contributed by atoms with van der Waals surface area (Å²) in [6.45, 7) is 2.27. The van der Waals surface area contributed by atoms with E-state index in [2.05, 4.69) is 0 Å².